The minimum absolute atomic E-state index is 0.00282. The van der Waals surface area contributed by atoms with Crippen LogP contribution in [0.25, 0.3) is 10.9 Å². The van der Waals surface area contributed by atoms with Crippen LogP contribution >= 0.6 is 7.75 Å². The zero-order valence-corrected chi connectivity index (χ0v) is 10.7. The molecule has 2 aromatic rings. The Morgan fingerprint density at radius 2 is 2.00 bits per heavy atom. The van der Waals surface area contributed by atoms with Crippen LogP contribution in [0, 0.1) is 0 Å². The topological polar surface area (TPSA) is 126 Å². The van der Waals surface area contributed by atoms with Gasteiger partial charge in [0.2, 0.25) is 0 Å². The first kappa shape index (κ1) is 13.8. The molecule has 0 aliphatic heterocycles. The molecule has 1 aromatic heterocycles. The molecule has 0 amide bonds. The lowest BCUT2D eigenvalue weighted by Crippen LogP contribution is -2.32. The van der Waals surface area contributed by atoms with Gasteiger partial charge in [-0.2, -0.15) is 0 Å². The zero-order chi connectivity index (χ0) is 14.2. The van der Waals surface area contributed by atoms with Gasteiger partial charge in [0.15, 0.2) is 0 Å². The Morgan fingerprint density at radius 1 is 1.37 bits per heavy atom. The molecule has 102 valence electrons. The quantitative estimate of drug-likeness (QED) is 0.607. The van der Waals surface area contributed by atoms with Crippen molar-refractivity contribution in [3.63, 3.8) is 0 Å². The highest BCUT2D eigenvalue weighted by molar-refractivity contribution is 7.50. The van der Waals surface area contributed by atoms with Gasteiger partial charge in [-0.3, -0.25) is 9.13 Å². The predicted molar refractivity (Wildman–Crippen MR) is 68.7 cm³/mol. The largest absolute Gasteiger partial charge is 0.480 e. The van der Waals surface area contributed by atoms with Gasteiger partial charge in [0.25, 0.3) is 0 Å². The number of carboxylic acids is 1. The lowest BCUT2D eigenvalue weighted by Gasteiger charge is -2.06. The van der Waals surface area contributed by atoms with Crippen molar-refractivity contribution < 1.29 is 24.3 Å². The van der Waals surface area contributed by atoms with E-state index in [0.717, 1.165) is 4.34 Å². The van der Waals surface area contributed by atoms with E-state index >= 15 is 0 Å². The number of hydrogen-bond acceptors (Lipinski definition) is 3. The molecule has 7 nitrogen and oxygen atoms in total. The number of carbonyl (C=O) groups is 1. The molecule has 1 atom stereocenters. The molecular weight excluding hydrogens is 271 g/mol. The number of carboxylic acid groups (broad SMARTS) is 1. The molecule has 1 aromatic carbocycles. The van der Waals surface area contributed by atoms with Crippen molar-refractivity contribution in [3.8, 4) is 0 Å². The van der Waals surface area contributed by atoms with E-state index in [4.69, 9.17) is 10.8 Å². The normalized spacial score (nSPS) is 13.6. The molecule has 1 heterocycles. The summed E-state index contributed by atoms with van der Waals surface area (Å²) >= 11 is 0. The van der Waals surface area contributed by atoms with Crippen LogP contribution in [-0.4, -0.2) is 31.2 Å². The lowest BCUT2D eigenvalue weighted by atomic mass is 10.1. The van der Waals surface area contributed by atoms with Crippen molar-refractivity contribution in [2.24, 2.45) is 5.73 Å². The molecule has 0 aliphatic carbocycles. The third-order valence-electron chi connectivity index (χ3n) is 2.81. The first-order chi connectivity index (χ1) is 8.80. The summed E-state index contributed by atoms with van der Waals surface area (Å²) in [5.41, 5.74) is 6.30. The molecule has 0 spiro atoms. The Balaban J connectivity index is 2.57. The molecule has 5 N–H and O–H groups in total. The number of nitrogens with zero attached hydrogens (tertiary/aromatic N) is 1. The maximum atomic E-state index is 11.4. The summed E-state index contributed by atoms with van der Waals surface area (Å²) in [6.45, 7) is 0. The molecule has 2 rings (SSSR count). The highest BCUT2D eigenvalue weighted by atomic mass is 31.2. The van der Waals surface area contributed by atoms with Crippen LogP contribution in [0.15, 0.2) is 30.5 Å². The second kappa shape index (κ2) is 4.79. The van der Waals surface area contributed by atoms with Gasteiger partial charge in [0.05, 0.1) is 5.52 Å². The maximum Gasteiger partial charge on any atom is 0.434 e. The van der Waals surface area contributed by atoms with Gasteiger partial charge in [-0.25, -0.2) is 4.57 Å². The second-order valence-electron chi connectivity index (χ2n) is 4.18. The van der Waals surface area contributed by atoms with Crippen molar-refractivity contribution >= 4 is 24.6 Å². The zero-order valence-electron chi connectivity index (χ0n) is 9.80. The third kappa shape index (κ3) is 2.69. The molecule has 0 radical (unpaired) electrons. The number of aliphatic carboxylic acids is 1. The maximum absolute atomic E-state index is 11.4. The smallest absolute Gasteiger partial charge is 0.434 e. The summed E-state index contributed by atoms with van der Waals surface area (Å²) in [6, 6.07) is 5.48. The van der Waals surface area contributed by atoms with Crippen molar-refractivity contribution in [1.29, 1.82) is 0 Å². The first-order valence-electron chi connectivity index (χ1n) is 5.44. The summed E-state index contributed by atoms with van der Waals surface area (Å²) in [6.07, 6.45) is 1.26. The fourth-order valence-electron chi connectivity index (χ4n) is 1.93. The Bertz CT molecular complexity index is 675. The van der Waals surface area contributed by atoms with E-state index in [2.05, 4.69) is 0 Å². The van der Waals surface area contributed by atoms with Crippen LogP contribution < -0.4 is 5.73 Å². The standard InChI is InChI=1S/C11H13N2O5P/c12-9(11(14)15)5-7-6-13(19(16,17)18)10-4-2-1-3-8(7)10/h1-4,6,9H,5,12H2,(H,14,15)(H2,16,17,18). The number of nitrogens with two attached hydrogens (primary N) is 1. The summed E-state index contributed by atoms with van der Waals surface area (Å²) in [7, 11) is -4.48. The fraction of sp³-hybridized carbons (Fsp3) is 0.182. The Hall–Kier alpha value is -1.66. The van der Waals surface area contributed by atoms with E-state index in [9.17, 15) is 19.1 Å². The van der Waals surface area contributed by atoms with Crippen molar-refractivity contribution in [1.82, 2.24) is 4.34 Å². The monoisotopic (exact) mass is 284 g/mol. The fourth-order valence-corrected chi connectivity index (χ4v) is 2.68. The van der Waals surface area contributed by atoms with Crippen LogP contribution in [0.3, 0.4) is 0 Å². The van der Waals surface area contributed by atoms with Gasteiger partial charge < -0.3 is 20.6 Å². The second-order valence-corrected chi connectivity index (χ2v) is 5.64. The molecule has 0 bridgehead atoms. The van der Waals surface area contributed by atoms with Gasteiger partial charge in [-0.05, 0) is 11.6 Å². The van der Waals surface area contributed by atoms with Gasteiger partial charge in [-0.1, -0.05) is 18.2 Å². The number of fused-ring (bicyclic) bond motifs is 1. The number of rotatable bonds is 4. The molecular formula is C11H13N2O5P. The molecule has 0 aliphatic rings. The van der Waals surface area contributed by atoms with Crippen molar-refractivity contribution in [3.05, 3.63) is 36.0 Å². The minimum Gasteiger partial charge on any atom is -0.480 e. The van der Waals surface area contributed by atoms with Crippen LogP contribution in [0.1, 0.15) is 5.56 Å². The van der Waals surface area contributed by atoms with E-state index in [1.54, 1.807) is 24.3 Å². The number of para-hydroxylation sites is 1. The minimum atomic E-state index is -4.48. The van der Waals surface area contributed by atoms with Crippen molar-refractivity contribution in [2.75, 3.05) is 0 Å². The Morgan fingerprint density at radius 3 is 2.58 bits per heavy atom. The van der Waals surface area contributed by atoms with E-state index in [-0.39, 0.29) is 6.42 Å². The summed E-state index contributed by atoms with van der Waals surface area (Å²) < 4.78 is 12.2. The first-order valence-corrected chi connectivity index (χ1v) is 7.01. The summed E-state index contributed by atoms with van der Waals surface area (Å²) in [5.74, 6) is -1.16. The van der Waals surface area contributed by atoms with Gasteiger partial charge in [0, 0.05) is 18.0 Å². The summed E-state index contributed by atoms with van der Waals surface area (Å²) in [4.78, 5) is 29.3. The van der Waals surface area contributed by atoms with Crippen LogP contribution in [0.5, 0.6) is 0 Å². The molecule has 0 fully saturated rings. The highest BCUT2D eigenvalue weighted by Crippen LogP contribution is 2.41. The molecule has 0 saturated heterocycles. The Kier molecular flexibility index (Phi) is 3.47. The van der Waals surface area contributed by atoms with Crippen LogP contribution in [0.2, 0.25) is 0 Å². The molecule has 1 unspecified atom stereocenters. The van der Waals surface area contributed by atoms with Gasteiger partial charge >= 0.3 is 13.7 Å². The van der Waals surface area contributed by atoms with E-state index in [0.29, 0.717) is 16.5 Å². The van der Waals surface area contributed by atoms with Gasteiger partial charge in [-0.15, -0.1) is 0 Å². The number of hydrogen-bond donors (Lipinski definition) is 4. The lowest BCUT2D eigenvalue weighted by molar-refractivity contribution is -0.138. The van der Waals surface area contributed by atoms with Crippen LogP contribution in [-0.2, 0) is 15.8 Å². The third-order valence-corrected chi connectivity index (χ3v) is 3.70. The Labute approximate surface area is 108 Å². The highest BCUT2D eigenvalue weighted by Gasteiger charge is 2.23. The van der Waals surface area contributed by atoms with Gasteiger partial charge in [0.1, 0.15) is 6.04 Å². The average Bonchev–Trinajstić information content (AvgIpc) is 2.68. The molecule has 0 saturated carbocycles. The SMILES string of the molecule is NC(Cc1cn(P(=O)(O)O)c2ccccc12)C(=O)O. The number of aromatic nitrogens is 1. The molecule has 19 heavy (non-hydrogen) atoms. The predicted octanol–water partition coefficient (Wildman–Crippen LogP) is 0.536. The van der Waals surface area contributed by atoms with Crippen LogP contribution in [0.4, 0.5) is 0 Å². The molecule has 8 heteroatoms. The summed E-state index contributed by atoms with van der Waals surface area (Å²) in [5, 5.41) is 9.38. The van der Waals surface area contributed by atoms with E-state index < -0.39 is 19.8 Å². The average molecular weight is 284 g/mol. The van der Waals surface area contributed by atoms with E-state index in [1.807, 2.05) is 0 Å². The van der Waals surface area contributed by atoms with Crippen molar-refractivity contribution in [2.45, 2.75) is 12.5 Å². The number of benzene rings is 1. The van der Waals surface area contributed by atoms with E-state index in [1.165, 1.54) is 6.20 Å².